The van der Waals surface area contributed by atoms with Gasteiger partial charge < -0.3 is 14.7 Å². The Morgan fingerprint density at radius 1 is 1.35 bits per heavy atom. The maximum atomic E-state index is 11.5. The Bertz CT molecular complexity index is 400. The van der Waals surface area contributed by atoms with Gasteiger partial charge in [-0.15, -0.1) is 0 Å². The van der Waals surface area contributed by atoms with Gasteiger partial charge in [0.05, 0.1) is 13.7 Å². The summed E-state index contributed by atoms with van der Waals surface area (Å²) in [6, 6.07) is 5.36. The number of ether oxygens (including phenoxy) is 2. The molecule has 0 spiro atoms. The molecule has 1 aromatic rings. The van der Waals surface area contributed by atoms with E-state index < -0.39 is 0 Å². The van der Waals surface area contributed by atoms with Crippen molar-refractivity contribution in [1.82, 2.24) is 0 Å². The van der Waals surface area contributed by atoms with Crippen molar-refractivity contribution in [2.75, 3.05) is 13.7 Å². The molecular weight excluding hydrogens is 218 g/mol. The minimum Gasteiger partial charge on any atom is -0.624 e. The molecule has 0 N–H and O–H groups in total. The molecular formula is C13H19NO3. The maximum absolute atomic E-state index is 11.5. The van der Waals surface area contributed by atoms with Crippen LogP contribution in [-0.4, -0.2) is 30.7 Å². The number of nitrogens with zero attached hydrogens (tertiary/aromatic N) is 1. The molecule has 0 heterocycles. The Morgan fingerprint density at radius 3 is 2.59 bits per heavy atom. The lowest BCUT2D eigenvalue weighted by atomic mass is 10.2. The Hall–Kier alpha value is -1.71. The minimum atomic E-state index is -0.0763. The lowest BCUT2D eigenvalue weighted by Crippen LogP contribution is -2.14. The summed E-state index contributed by atoms with van der Waals surface area (Å²) in [5, 5.41) is 11.5. The third kappa shape index (κ3) is 3.66. The summed E-state index contributed by atoms with van der Waals surface area (Å²) in [6.45, 7) is 6.18. The van der Waals surface area contributed by atoms with E-state index in [-0.39, 0.29) is 6.04 Å². The van der Waals surface area contributed by atoms with Crippen molar-refractivity contribution in [3.05, 3.63) is 29.0 Å². The highest BCUT2D eigenvalue weighted by Crippen LogP contribution is 2.27. The smallest absolute Gasteiger partial charge is 0.182 e. The normalized spacial score (nSPS) is 11.7. The maximum Gasteiger partial charge on any atom is 0.182 e. The molecule has 4 heteroatoms. The third-order valence-electron chi connectivity index (χ3n) is 2.27. The van der Waals surface area contributed by atoms with Crippen molar-refractivity contribution >= 4 is 6.21 Å². The second-order valence-electron chi connectivity index (χ2n) is 3.93. The first-order chi connectivity index (χ1) is 8.08. The molecule has 17 heavy (non-hydrogen) atoms. The quantitative estimate of drug-likeness (QED) is 0.342. The van der Waals surface area contributed by atoms with Crippen molar-refractivity contribution in [3.8, 4) is 11.5 Å². The molecule has 0 fully saturated rings. The van der Waals surface area contributed by atoms with Crippen molar-refractivity contribution in [1.29, 1.82) is 0 Å². The number of hydrogen-bond acceptors (Lipinski definition) is 3. The molecule has 94 valence electrons. The van der Waals surface area contributed by atoms with Crippen molar-refractivity contribution in [3.63, 3.8) is 0 Å². The van der Waals surface area contributed by atoms with E-state index in [1.807, 2.05) is 32.9 Å². The summed E-state index contributed by atoms with van der Waals surface area (Å²) in [5.41, 5.74) is 0.800. The Morgan fingerprint density at radius 2 is 2.06 bits per heavy atom. The minimum absolute atomic E-state index is 0.0763. The molecule has 1 aromatic carbocycles. The van der Waals surface area contributed by atoms with E-state index in [0.29, 0.717) is 18.1 Å². The highest BCUT2D eigenvalue weighted by molar-refractivity contribution is 5.77. The zero-order valence-electron chi connectivity index (χ0n) is 10.8. The standard InChI is InChI=1S/C13H19NO3/c1-5-17-12-7-6-11(8-13(12)16-4)9-14(15)10(2)3/h6-10H,5H2,1-4H3/b14-9-. The first-order valence-electron chi connectivity index (χ1n) is 5.69. The summed E-state index contributed by atoms with van der Waals surface area (Å²) in [4.78, 5) is 0. The van der Waals surface area contributed by atoms with Crippen molar-refractivity contribution in [2.45, 2.75) is 26.8 Å². The van der Waals surface area contributed by atoms with Gasteiger partial charge in [-0.05, 0) is 39.0 Å². The summed E-state index contributed by atoms with van der Waals surface area (Å²) in [5.74, 6) is 1.33. The topological polar surface area (TPSA) is 44.5 Å². The van der Waals surface area contributed by atoms with Crippen LogP contribution in [0.15, 0.2) is 18.2 Å². The fourth-order valence-corrected chi connectivity index (χ4v) is 1.34. The average molecular weight is 237 g/mol. The average Bonchev–Trinajstić information content (AvgIpc) is 2.31. The van der Waals surface area contributed by atoms with Gasteiger partial charge in [0, 0.05) is 5.56 Å². The molecule has 0 aliphatic heterocycles. The van der Waals surface area contributed by atoms with Gasteiger partial charge in [0.2, 0.25) is 0 Å². The van der Waals surface area contributed by atoms with Gasteiger partial charge in [0.15, 0.2) is 23.8 Å². The number of benzene rings is 1. The van der Waals surface area contributed by atoms with Crippen LogP contribution < -0.4 is 9.47 Å². The molecule has 0 radical (unpaired) electrons. The molecule has 0 aliphatic carbocycles. The zero-order chi connectivity index (χ0) is 12.8. The first-order valence-corrected chi connectivity index (χ1v) is 5.69. The molecule has 0 saturated carbocycles. The Kier molecular flexibility index (Phi) is 4.82. The first kappa shape index (κ1) is 13.4. The monoisotopic (exact) mass is 237 g/mol. The van der Waals surface area contributed by atoms with Crippen LogP contribution in [0, 0.1) is 5.21 Å². The predicted octanol–water partition coefficient (Wildman–Crippen LogP) is 2.43. The second kappa shape index (κ2) is 6.13. The molecule has 0 unspecified atom stereocenters. The Balaban J connectivity index is 3.01. The highest BCUT2D eigenvalue weighted by Gasteiger charge is 2.07. The lowest BCUT2D eigenvalue weighted by Gasteiger charge is -2.10. The molecule has 0 aromatic heterocycles. The van der Waals surface area contributed by atoms with Crippen LogP contribution in [-0.2, 0) is 0 Å². The zero-order valence-corrected chi connectivity index (χ0v) is 10.8. The molecule has 4 nitrogen and oxygen atoms in total. The summed E-state index contributed by atoms with van der Waals surface area (Å²) < 4.78 is 11.5. The van der Waals surface area contributed by atoms with E-state index >= 15 is 0 Å². The largest absolute Gasteiger partial charge is 0.624 e. The van der Waals surface area contributed by atoms with E-state index in [1.54, 1.807) is 19.4 Å². The molecule has 0 amide bonds. The summed E-state index contributed by atoms with van der Waals surface area (Å²) >= 11 is 0. The van der Waals surface area contributed by atoms with Crippen molar-refractivity contribution in [2.24, 2.45) is 0 Å². The van der Waals surface area contributed by atoms with E-state index in [2.05, 4.69) is 0 Å². The SMILES string of the molecule is CCOc1ccc(/C=[N+](\[O-])C(C)C)cc1OC. The number of methoxy groups -OCH3 is 1. The van der Waals surface area contributed by atoms with Crippen LogP contribution in [0.5, 0.6) is 11.5 Å². The second-order valence-corrected chi connectivity index (χ2v) is 3.93. The van der Waals surface area contributed by atoms with Gasteiger partial charge in [-0.3, -0.25) is 0 Å². The number of hydrogen-bond donors (Lipinski definition) is 0. The molecule has 0 aliphatic rings. The van der Waals surface area contributed by atoms with Crippen LogP contribution in [0.25, 0.3) is 0 Å². The number of rotatable bonds is 5. The van der Waals surface area contributed by atoms with E-state index in [0.717, 1.165) is 10.3 Å². The lowest BCUT2D eigenvalue weighted by molar-refractivity contribution is -0.487. The third-order valence-corrected chi connectivity index (χ3v) is 2.27. The van der Waals surface area contributed by atoms with Gasteiger partial charge in [-0.2, -0.15) is 0 Å². The van der Waals surface area contributed by atoms with E-state index in [9.17, 15) is 5.21 Å². The summed E-state index contributed by atoms with van der Waals surface area (Å²) in [7, 11) is 1.58. The molecule has 1 rings (SSSR count). The van der Waals surface area contributed by atoms with E-state index in [4.69, 9.17) is 9.47 Å². The fraction of sp³-hybridized carbons (Fsp3) is 0.462. The van der Waals surface area contributed by atoms with Crippen LogP contribution >= 0.6 is 0 Å². The van der Waals surface area contributed by atoms with Crippen LogP contribution in [0.4, 0.5) is 0 Å². The van der Waals surface area contributed by atoms with Gasteiger partial charge >= 0.3 is 0 Å². The fourth-order valence-electron chi connectivity index (χ4n) is 1.34. The van der Waals surface area contributed by atoms with Crippen LogP contribution in [0.2, 0.25) is 0 Å². The van der Waals surface area contributed by atoms with Gasteiger partial charge in [-0.1, -0.05) is 0 Å². The van der Waals surface area contributed by atoms with Gasteiger partial charge in [0.1, 0.15) is 0 Å². The van der Waals surface area contributed by atoms with Gasteiger partial charge in [0.25, 0.3) is 0 Å². The van der Waals surface area contributed by atoms with Gasteiger partial charge in [-0.25, -0.2) is 4.74 Å². The molecule has 0 atom stereocenters. The number of hydroxylamine groups is 1. The van der Waals surface area contributed by atoms with E-state index in [1.165, 1.54) is 0 Å². The molecule has 0 saturated heterocycles. The molecule has 0 bridgehead atoms. The van der Waals surface area contributed by atoms with Crippen LogP contribution in [0.3, 0.4) is 0 Å². The highest BCUT2D eigenvalue weighted by atomic mass is 16.5. The summed E-state index contributed by atoms with van der Waals surface area (Å²) in [6.07, 6.45) is 1.54. The van der Waals surface area contributed by atoms with Crippen LogP contribution in [0.1, 0.15) is 26.3 Å². The Labute approximate surface area is 102 Å². The van der Waals surface area contributed by atoms with Crippen molar-refractivity contribution < 1.29 is 14.2 Å². The predicted molar refractivity (Wildman–Crippen MR) is 68.1 cm³/mol.